The summed E-state index contributed by atoms with van der Waals surface area (Å²) in [6, 6.07) is 3.99. The van der Waals surface area contributed by atoms with Crippen LogP contribution in [0.2, 0.25) is 0 Å². The highest BCUT2D eigenvalue weighted by molar-refractivity contribution is 6.56. The van der Waals surface area contributed by atoms with Gasteiger partial charge in [0.05, 0.1) is 23.4 Å². The largest absolute Gasteiger partial charge is 0.491 e. The summed E-state index contributed by atoms with van der Waals surface area (Å²) in [7, 11) is 1.21. The maximum absolute atomic E-state index is 13.8. The predicted octanol–water partition coefficient (Wildman–Crippen LogP) is 3.24. The molecular formula is C19H27BFNO4. The van der Waals surface area contributed by atoms with Crippen molar-refractivity contribution in [1.29, 1.82) is 0 Å². The van der Waals surface area contributed by atoms with Gasteiger partial charge in [-0.2, -0.15) is 0 Å². The van der Waals surface area contributed by atoms with Crippen molar-refractivity contribution in [3.63, 3.8) is 0 Å². The maximum Gasteiger partial charge on any atom is 0.491 e. The Bertz CT molecular complexity index is 687. The van der Waals surface area contributed by atoms with E-state index in [9.17, 15) is 9.18 Å². The van der Waals surface area contributed by atoms with Gasteiger partial charge < -0.3 is 19.4 Å². The van der Waals surface area contributed by atoms with E-state index in [0.717, 1.165) is 5.47 Å². The van der Waals surface area contributed by atoms with Crippen molar-refractivity contribution in [2.45, 2.75) is 45.8 Å². The highest BCUT2D eigenvalue weighted by Crippen LogP contribution is 2.38. The van der Waals surface area contributed by atoms with Crippen LogP contribution in [-0.2, 0) is 14.0 Å². The van der Waals surface area contributed by atoms with Crippen molar-refractivity contribution in [1.82, 2.24) is 5.32 Å². The molecular weight excluding hydrogens is 336 g/mol. The van der Waals surface area contributed by atoms with Crippen molar-refractivity contribution in [2.75, 3.05) is 20.2 Å². The number of esters is 1. The van der Waals surface area contributed by atoms with Crippen LogP contribution in [-0.4, -0.2) is 44.5 Å². The first-order chi connectivity index (χ1) is 12.1. The first kappa shape index (κ1) is 20.6. The zero-order valence-corrected chi connectivity index (χ0v) is 16.3. The molecule has 1 aromatic rings. The average Bonchev–Trinajstić information content (AvgIpc) is 2.75. The second-order valence-electron chi connectivity index (χ2n) is 7.29. The summed E-state index contributed by atoms with van der Waals surface area (Å²) in [5.41, 5.74) is 0.524. The topological polar surface area (TPSA) is 56.8 Å². The highest BCUT2D eigenvalue weighted by Gasteiger charge is 2.52. The summed E-state index contributed by atoms with van der Waals surface area (Å²) in [5.74, 6) is -0.918. The fourth-order valence-corrected chi connectivity index (χ4v) is 2.65. The molecule has 1 heterocycles. The molecule has 0 unspecified atom stereocenters. The van der Waals surface area contributed by atoms with Gasteiger partial charge in [-0.05, 0) is 70.9 Å². The lowest BCUT2D eigenvalue weighted by Crippen LogP contribution is -2.41. The minimum atomic E-state index is -0.592. The number of hydrogen-bond donors (Lipinski definition) is 1. The average molecular weight is 363 g/mol. The van der Waals surface area contributed by atoms with E-state index < -0.39 is 30.1 Å². The third kappa shape index (κ3) is 4.34. The number of nitrogens with one attached hydrogen (secondary N) is 1. The lowest BCUT2D eigenvalue weighted by Gasteiger charge is -2.32. The van der Waals surface area contributed by atoms with Gasteiger partial charge in [-0.25, -0.2) is 9.18 Å². The van der Waals surface area contributed by atoms with Gasteiger partial charge in [0.2, 0.25) is 0 Å². The molecule has 1 aliphatic rings. The molecule has 1 fully saturated rings. The second kappa shape index (κ2) is 7.90. The standard InChI is InChI=1S/C19H27BFNO4/c1-7-24-17(23)16-9-8-15(21)11-13(16)10-14(12-22-6)20-25-18(2,3)19(4,5)26-20/h8-11,22H,7,12H2,1-6H3. The van der Waals surface area contributed by atoms with Crippen molar-refractivity contribution >= 4 is 19.2 Å². The van der Waals surface area contributed by atoms with Crippen LogP contribution in [0, 0.1) is 5.82 Å². The van der Waals surface area contributed by atoms with Gasteiger partial charge in [-0.1, -0.05) is 6.08 Å². The van der Waals surface area contributed by atoms with Gasteiger partial charge >= 0.3 is 13.1 Å². The molecule has 26 heavy (non-hydrogen) atoms. The summed E-state index contributed by atoms with van der Waals surface area (Å²) < 4.78 is 31.0. The Hall–Kier alpha value is -1.70. The number of carbonyl (C=O) groups excluding carboxylic acids is 1. The summed E-state index contributed by atoms with van der Waals surface area (Å²) in [5, 5.41) is 3.07. The zero-order chi connectivity index (χ0) is 19.5. The summed E-state index contributed by atoms with van der Waals surface area (Å²) in [6.45, 7) is 10.3. The van der Waals surface area contributed by atoms with Crippen molar-refractivity contribution < 1.29 is 23.2 Å². The lowest BCUT2D eigenvalue weighted by atomic mass is 9.76. The molecule has 0 aromatic heterocycles. The monoisotopic (exact) mass is 363 g/mol. The Morgan fingerprint density at radius 3 is 2.42 bits per heavy atom. The van der Waals surface area contributed by atoms with Crippen LogP contribution in [0.5, 0.6) is 0 Å². The Labute approximate surface area is 155 Å². The Balaban J connectivity index is 2.44. The van der Waals surface area contributed by atoms with Gasteiger partial charge in [-0.3, -0.25) is 0 Å². The van der Waals surface area contributed by atoms with Crippen molar-refractivity contribution in [3.8, 4) is 0 Å². The molecule has 0 saturated carbocycles. The molecule has 0 radical (unpaired) electrons. The fourth-order valence-electron chi connectivity index (χ4n) is 2.65. The third-order valence-corrected chi connectivity index (χ3v) is 4.79. The van der Waals surface area contributed by atoms with E-state index in [0.29, 0.717) is 17.7 Å². The Morgan fingerprint density at radius 2 is 1.88 bits per heavy atom. The number of ether oxygens (including phenoxy) is 1. The third-order valence-electron chi connectivity index (χ3n) is 4.79. The quantitative estimate of drug-likeness (QED) is 0.621. The summed E-state index contributed by atoms with van der Waals surface area (Å²) in [4.78, 5) is 12.2. The SMILES string of the molecule is CCOC(=O)c1ccc(F)cc1C=C(CNC)B1OC(C)(C)C(C)(C)O1. The molecule has 7 heteroatoms. The van der Waals surface area contributed by atoms with Crippen molar-refractivity contribution in [3.05, 3.63) is 40.6 Å². The van der Waals surface area contributed by atoms with E-state index in [1.54, 1.807) is 20.0 Å². The van der Waals surface area contributed by atoms with Gasteiger partial charge in [0.25, 0.3) is 0 Å². The van der Waals surface area contributed by atoms with E-state index in [-0.39, 0.29) is 6.61 Å². The molecule has 1 saturated heterocycles. The van der Waals surface area contributed by atoms with Crippen LogP contribution in [0.4, 0.5) is 4.39 Å². The Kier molecular flexibility index (Phi) is 6.27. The predicted molar refractivity (Wildman–Crippen MR) is 100 cm³/mol. The molecule has 0 atom stereocenters. The molecule has 0 bridgehead atoms. The molecule has 2 rings (SSSR count). The summed E-state index contributed by atoms with van der Waals surface area (Å²) >= 11 is 0. The van der Waals surface area contributed by atoms with E-state index >= 15 is 0 Å². The van der Waals surface area contributed by atoms with Gasteiger partial charge in [0, 0.05) is 6.54 Å². The first-order valence-electron chi connectivity index (χ1n) is 8.78. The molecule has 5 nitrogen and oxygen atoms in total. The first-order valence-corrected chi connectivity index (χ1v) is 8.78. The van der Waals surface area contributed by atoms with Gasteiger partial charge in [0.15, 0.2) is 0 Å². The smallest absolute Gasteiger partial charge is 0.462 e. The zero-order valence-electron chi connectivity index (χ0n) is 16.3. The van der Waals surface area contributed by atoms with E-state index in [4.69, 9.17) is 14.0 Å². The van der Waals surface area contributed by atoms with Crippen LogP contribution in [0.25, 0.3) is 6.08 Å². The molecule has 142 valence electrons. The van der Waals surface area contributed by atoms with Gasteiger partial charge in [-0.15, -0.1) is 0 Å². The molecule has 1 aromatic carbocycles. The van der Waals surface area contributed by atoms with Crippen LogP contribution >= 0.6 is 0 Å². The molecule has 1 aliphatic heterocycles. The normalized spacial score (nSPS) is 18.9. The second-order valence-corrected chi connectivity index (χ2v) is 7.29. The number of rotatable bonds is 6. The minimum Gasteiger partial charge on any atom is -0.462 e. The van der Waals surface area contributed by atoms with E-state index in [1.165, 1.54) is 18.2 Å². The lowest BCUT2D eigenvalue weighted by molar-refractivity contribution is 0.00578. The van der Waals surface area contributed by atoms with E-state index in [2.05, 4.69) is 5.32 Å². The van der Waals surface area contributed by atoms with Crippen molar-refractivity contribution in [2.24, 2.45) is 0 Å². The van der Waals surface area contributed by atoms with Crippen LogP contribution in [0.1, 0.15) is 50.5 Å². The van der Waals surface area contributed by atoms with Crippen LogP contribution in [0.15, 0.2) is 23.7 Å². The minimum absolute atomic E-state index is 0.250. The van der Waals surface area contributed by atoms with Gasteiger partial charge in [0.1, 0.15) is 5.82 Å². The number of hydrogen-bond acceptors (Lipinski definition) is 5. The van der Waals surface area contributed by atoms with E-state index in [1.807, 2.05) is 27.7 Å². The molecule has 0 spiro atoms. The molecule has 1 N–H and O–H groups in total. The Morgan fingerprint density at radius 1 is 1.27 bits per heavy atom. The van der Waals surface area contributed by atoms with Crippen LogP contribution < -0.4 is 5.32 Å². The highest BCUT2D eigenvalue weighted by atomic mass is 19.1. The van der Waals surface area contributed by atoms with Crippen LogP contribution in [0.3, 0.4) is 0 Å². The maximum atomic E-state index is 13.8. The number of likely N-dealkylation sites (N-methyl/N-ethyl adjacent to an activating group) is 1. The summed E-state index contributed by atoms with van der Waals surface area (Å²) in [6.07, 6.45) is 1.73. The number of halogens is 1. The number of benzene rings is 1. The molecule has 0 aliphatic carbocycles. The molecule has 0 amide bonds. The fraction of sp³-hybridized carbons (Fsp3) is 0.526. The number of carbonyl (C=O) groups is 1.